The summed E-state index contributed by atoms with van der Waals surface area (Å²) in [6, 6.07) is 3.06. The highest BCUT2D eigenvalue weighted by molar-refractivity contribution is 5.27. The minimum absolute atomic E-state index is 0.276. The van der Waals surface area contributed by atoms with Crippen molar-refractivity contribution in [1.82, 2.24) is 5.32 Å². The van der Waals surface area contributed by atoms with Crippen molar-refractivity contribution in [1.29, 1.82) is 0 Å². The molecule has 21 heavy (non-hydrogen) atoms. The van der Waals surface area contributed by atoms with Crippen molar-refractivity contribution in [2.75, 3.05) is 19.8 Å². The van der Waals surface area contributed by atoms with Crippen molar-refractivity contribution in [3.05, 3.63) is 35.1 Å². The van der Waals surface area contributed by atoms with Gasteiger partial charge in [-0.2, -0.15) is 13.2 Å². The molecule has 6 heteroatoms. The molecule has 0 saturated carbocycles. The van der Waals surface area contributed by atoms with Crippen LogP contribution in [0.3, 0.4) is 0 Å². The van der Waals surface area contributed by atoms with E-state index in [1.54, 1.807) is 0 Å². The maximum absolute atomic E-state index is 13.1. The third-order valence-corrected chi connectivity index (χ3v) is 2.95. The van der Waals surface area contributed by atoms with Crippen LogP contribution in [-0.2, 0) is 17.5 Å². The third kappa shape index (κ3) is 6.91. The average Bonchev–Trinajstić information content (AvgIpc) is 2.42. The number of unbranched alkanes of at least 4 members (excludes halogenated alkanes) is 1. The van der Waals surface area contributed by atoms with Crippen LogP contribution in [-0.4, -0.2) is 19.8 Å². The number of benzene rings is 1. The first-order valence-electron chi connectivity index (χ1n) is 7.09. The molecular formula is C15H21F4NO. The number of hydrogen-bond donors (Lipinski definition) is 1. The fraction of sp³-hybridized carbons (Fsp3) is 0.600. The van der Waals surface area contributed by atoms with Gasteiger partial charge in [-0.15, -0.1) is 0 Å². The van der Waals surface area contributed by atoms with Crippen LogP contribution in [0.25, 0.3) is 0 Å². The van der Waals surface area contributed by atoms with Gasteiger partial charge in [0, 0.05) is 19.8 Å². The molecule has 0 aliphatic heterocycles. The molecule has 120 valence electrons. The second-order valence-corrected chi connectivity index (χ2v) is 4.81. The van der Waals surface area contributed by atoms with Gasteiger partial charge in [0.15, 0.2) is 0 Å². The fourth-order valence-electron chi connectivity index (χ4n) is 1.78. The van der Waals surface area contributed by atoms with Gasteiger partial charge in [0.1, 0.15) is 5.82 Å². The molecule has 0 radical (unpaired) electrons. The van der Waals surface area contributed by atoms with E-state index < -0.39 is 17.6 Å². The standard InChI is InChI=1S/C15H21F4NO/c1-2-3-8-21-9-4-7-20-11-12-5-6-14(16)13(10-12)15(17,18)19/h5-6,10,20H,2-4,7-9,11H2,1H3. The summed E-state index contributed by atoms with van der Waals surface area (Å²) in [4.78, 5) is 0. The van der Waals surface area contributed by atoms with E-state index >= 15 is 0 Å². The van der Waals surface area contributed by atoms with E-state index in [-0.39, 0.29) is 6.54 Å². The van der Waals surface area contributed by atoms with Gasteiger partial charge in [0.05, 0.1) is 5.56 Å². The molecule has 0 saturated heterocycles. The van der Waals surface area contributed by atoms with Crippen LogP contribution in [0.1, 0.15) is 37.3 Å². The number of rotatable bonds is 9. The topological polar surface area (TPSA) is 21.3 Å². The van der Waals surface area contributed by atoms with Crippen LogP contribution in [0.15, 0.2) is 18.2 Å². The first kappa shape index (κ1) is 17.9. The number of halogens is 4. The Labute approximate surface area is 122 Å². The highest BCUT2D eigenvalue weighted by Crippen LogP contribution is 2.31. The third-order valence-electron chi connectivity index (χ3n) is 2.95. The summed E-state index contributed by atoms with van der Waals surface area (Å²) in [6.07, 6.45) is -1.75. The minimum Gasteiger partial charge on any atom is -0.381 e. The number of ether oxygens (including phenoxy) is 1. The van der Waals surface area contributed by atoms with Gasteiger partial charge in [0.2, 0.25) is 0 Å². The van der Waals surface area contributed by atoms with Crippen molar-refractivity contribution in [2.45, 2.75) is 38.9 Å². The van der Waals surface area contributed by atoms with Crippen molar-refractivity contribution in [3.8, 4) is 0 Å². The van der Waals surface area contributed by atoms with Gasteiger partial charge in [-0.25, -0.2) is 4.39 Å². The Morgan fingerprint density at radius 2 is 1.86 bits per heavy atom. The average molecular weight is 307 g/mol. The second-order valence-electron chi connectivity index (χ2n) is 4.81. The Bertz CT molecular complexity index is 421. The lowest BCUT2D eigenvalue weighted by molar-refractivity contribution is -0.140. The largest absolute Gasteiger partial charge is 0.419 e. The predicted molar refractivity (Wildman–Crippen MR) is 73.5 cm³/mol. The molecule has 0 heterocycles. The SMILES string of the molecule is CCCCOCCCNCc1ccc(F)c(C(F)(F)F)c1. The Kier molecular flexibility index (Phi) is 7.67. The zero-order chi connectivity index (χ0) is 15.7. The quantitative estimate of drug-likeness (QED) is 0.547. The molecule has 0 aromatic heterocycles. The molecule has 0 fully saturated rings. The van der Waals surface area contributed by atoms with E-state index in [0.717, 1.165) is 38.0 Å². The Morgan fingerprint density at radius 1 is 1.14 bits per heavy atom. The molecule has 0 atom stereocenters. The summed E-state index contributed by atoms with van der Waals surface area (Å²) in [7, 11) is 0. The first-order chi connectivity index (χ1) is 9.95. The van der Waals surface area contributed by atoms with E-state index in [1.165, 1.54) is 6.07 Å². The summed E-state index contributed by atoms with van der Waals surface area (Å²) in [6.45, 7) is 4.37. The second kappa shape index (κ2) is 9.00. The summed E-state index contributed by atoms with van der Waals surface area (Å²) < 4.78 is 56.1. The lowest BCUT2D eigenvalue weighted by Crippen LogP contribution is -2.17. The summed E-state index contributed by atoms with van der Waals surface area (Å²) in [5.41, 5.74) is -0.805. The molecule has 1 aromatic carbocycles. The minimum atomic E-state index is -4.66. The molecule has 2 nitrogen and oxygen atoms in total. The molecule has 0 spiro atoms. The van der Waals surface area contributed by atoms with E-state index in [4.69, 9.17) is 4.74 Å². The Balaban J connectivity index is 2.30. The summed E-state index contributed by atoms with van der Waals surface area (Å²) in [5.74, 6) is -1.24. The lowest BCUT2D eigenvalue weighted by atomic mass is 10.1. The smallest absolute Gasteiger partial charge is 0.381 e. The number of hydrogen-bond acceptors (Lipinski definition) is 2. The number of nitrogens with one attached hydrogen (secondary N) is 1. The highest BCUT2D eigenvalue weighted by atomic mass is 19.4. The van der Waals surface area contributed by atoms with Crippen LogP contribution in [0.5, 0.6) is 0 Å². The van der Waals surface area contributed by atoms with E-state index in [9.17, 15) is 17.6 Å². The highest BCUT2D eigenvalue weighted by Gasteiger charge is 2.34. The normalized spacial score (nSPS) is 11.9. The van der Waals surface area contributed by atoms with Gasteiger partial charge < -0.3 is 10.1 Å². The van der Waals surface area contributed by atoms with Crippen LogP contribution in [0, 0.1) is 5.82 Å². The van der Waals surface area contributed by atoms with Gasteiger partial charge >= 0.3 is 6.18 Å². The summed E-state index contributed by atoms with van der Waals surface area (Å²) >= 11 is 0. The van der Waals surface area contributed by atoms with Crippen LogP contribution < -0.4 is 5.32 Å². The van der Waals surface area contributed by atoms with Crippen molar-refractivity contribution in [2.24, 2.45) is 0 Å². The Hall–Kier alpha value is -1.14. The van der Waals surface area contributed by atoms with E-state index in [2.05, 4.69) is 12.2 Å². The van der Waals surface area contributed by atoms with Crippen molar-refractivity contribution < 1.29 is 22.3 Å². The predicted octanol–water partition coefficient (Wildman–Crippen LogP) is 4.14. The molecule has 0 aliphatic carbocycles. The van der Waals surface area contributed by atoms with Gasteiger partial charge in [-0.05, 0) is 37.1 Å². The van der Waals surface area contributed by atoms with Crippen LogP contribution >= 0.6 is 0 Å². The molecule has 0 amide bonds. The van der Waals surface area contributed by atoms with E-state index in [1.807, 2.05) is 0 Å². The monoisotopic (exact) mass is 307 g/mol. The molecule has 0 unspecified atom stereocenters. The van der Waals surface area contributed by atoms with E-state index in [0.29, 0.717) is 18.7 Å². The fourth-order valence-corrected chi connectivity index (χ4v) is 1.78. The van der Waals surface area contributed by atoms with Crippen molar-refractivity contribution >= 4 is 0 Å². The molecule has 1 aromatic rings. The first-order valence-corrected chi connectivity index (χ1v) is 7.09. The van der Waals surface area contributed by atoms with Gasteiger partial charge in [0.25, 0.3) is 0 Å². The maximum Gasteiger partial charge on any atom is 0.419 e. The maximum atomic E-state index is 13.1. The van der Waals surface area contributed by atoms with Gasteiger partial charge in [-0.1, -0.05) is 19.4 Å². The van der Waals surface area contributed by atoms with Crippen molar-refractivity contribution in [3.63, 3.8) is 0 Å². The lowest BCUT2D eigenvalue weighted by Gasteiger charge is -2.11. The Morgan fingerprint density at radius 3 is 2.52 bits per heavy atom. The molecule has 0 aliphatic rings. The van der Waals surface area contributed by atoms with Crippen LogP contribution in [0.2, 0.25) is 0 Å². The molecule has 1 rings (SSSR count). The zero-order valence-electron chi connectivity index (χ0n) is 12.1. The van der Waals surface area contributed by atoms with Crippen LogP contribution in [0.4, 0.5) is 17.6 Å². The van der Waals surface area contributed by atoms with Gasteiger partial charge in [-0.3, -0.25) is 0 Å². The molecule has 0 bridgehead atoms. The summed E-state index contributed by atoms with van der Waals surface area (Å²) in [5, 5.41) is 3.02. The molecule has 1 N–H and O–H groups in total. The molecular weight excluding hydrogens is 286 g/mol. The zero-order valence-corrected chi connectivity index (χ0v) is 12.1. The number of alkyl halides is 3.